The van der Waals surface area contributed by atoms with Crippen molar-refractivity contribution < 1.29 is 9.47 Å². The average Bonchev–Trinajstić information content (AvgIpc) is 2.55. The Labute approximate surface area is 132 Å². The van der Waals surface area contributed by atoms with Gasteiger partial charge in [0.15, 0.2) is 11.5 Å². The molecule has 1 heterocycles. The predicted molar refractivity (Wildman–Crippen MR) is 85.3 cm³/mol. The predicted octanol–water partition coefficient (Wildman–Crippen LogP) is 3.47. The summed E-state index contributed by atoms with van der Waals surface area (Å²) in [5.41, 5.74) is 0.924. The van der Waals surface area contributed by atoms with E-state index in [0.717, 1.165) is 30.3 Å². The molecule has 0 bridgehead atoms. The van der Waals surface area contributed by atoms with Crippen LogP contribution in [-0.4, -0.2) is 42.6 Å². The summed E-state index contributed by atoms with van der Waals surface area (Å²) in [5, 5.41) is 0. The molecular weight excluding hydrogens is 288 g/mol. The molecule has 1 saturated carbocycles. The van der Waals surface area contributed by atoms with Crippen molar-refractivity contribution in [3.05, 3.63) is 18.0 Å². The lowest BCUT2D eigenvalue weighted by Gasteiger charge is -2.34. The van der Waals surface area contributed by atoms with Gasteiger partial charge < -0.3 is 9.47 Å². The van der Waals surface area contributed by atoms with Gasteiger partial charge >= 0.3 is 0 Å². The molecule has 0 atom stereocenters. The summed E-state index contributed by atoms with van der Waals surface area (Å²) in [6.45, 7) is 1.64. The third-order valence-corrected chi connectivity index (χ3v) is 4.35. The van der Waals surface area contributed by atoms with Gasteiger partial charge in [0, 0.05) is 37.3 Å². The minimum Gasteiger partial charge on any atom is -0.493 e. The van der Waals surface area contributed by atoms with Gasteiger partial charge in [0.05, 0.1) is 14.2 Å². The van der Waals surface area contributed by atoms with Crippen molar-refractivity contribution in [2.24, 2.45) is 0 Å². The molecule has 0 spiro atoms. The summed E-state index contributed by atoms with van der Waals surface area (Å²) >= 11 is 6.00. The summed E-state index contributed by atoms with van der Waals surface area (Å²) in [4.78, 5) is 6.93. The van der Waals surface area contributed by atoms with Crippen LogP contribution in [0.2, 0.25) is 0 Å². The SMILES string of the molecule is COc1ccnc(CN(CCCl)C2CCCCC2)c1OC. The molecule has 0 saturated heterocycles. The monoisotopic (exact) mass is 312 g/mol. The number of ether oxygens (including phenoxy) is 2. The van der Waals surface area contributed by atoms with Gasteiger partial charge in [-0.2, -0.15) is 0 Å². The van der Waals surface area contributed by atoms with Crippen LogP contribution < -0.4 is 9.47 Å². The Morgan fingerprint density at radius 1 is 1.24 bits per heavy atom. The van der Waals surface area contributed by atoms with E-state index in [1.54, 1.807) is 20.4 Å². The molecule has 1 aliphatic rings. The number of nitrogens with zero attached hydrogens (tertiary/aromatic N) is 2. The molecule has 21 heavy (non-hydrogen) atoms. The second-order valence-corrected chi connectivity index (χ2v) is 5.82. The van der Waals surface area contributed by atoms with Crippen molar-refractivity contribution in [2.75, 3.05) is 26.6 Å². The van der Waals surface area contributed by atoms with Crippen LogP contribution in [0.1, 0.15) is 37.8 Å². The minimum absolute atomic E-state index is 0.607. The van der Waals surface area contributed by atoms with Gasteiger partial charge in [-0.05, 0) is 12.8 Å². The summed E-state index contributed by atoms with van der Waals surface area (Å²) in [5.74, 6) is 2.11. The van der Waals surface area contributed by atoms with Crippen molar-refractivity contribution in [1.82, 2.24) is 9.88 Å². The van der Waals surface area contributed by atoms with Crippen LogP contribution in [0.4, 0.5) is 0 Å². The summed E-state index contributed by atoms with van der Waals surface area (Å²) < 4.78 is 10.8. The molecule has 1 fully saturated rings. The Balaban J connectivity index is 2.15. The fourth-order valence-corrected chi connectivity index (χ4v) is 3.32. The lowest BCUT2D eigenvalue weighted by molar-refractivity contribution is 0.153. The standard InChI is InChI=1S/C16H25ClN2O2/c1-20-15-8-10-18-14(16(15)21-2)12-19(11-9-17)13-6-4-3-5-7-13/h8,10,13H,3-7,9,11-12H2,1-2H3. The highest BCUT2D eigenvalue weighted by Crippen LogP contribution is 2.31. The maximum Gasteiger partial charge on any atom is 0.183 e. The van der Waals surface area contributed by atoms with Crippen LogP contribution >= 0.6 is 11.6 Å². The molecule has 1 aromatic rings. The van der Waals surface area contributed by atoms with E-state index in [9.17, 15) is 0 Å². The normalized spacial score (nSPS) is 16.2. The largest absolute Gasteiger partial charge is 0.493 e. The van der Waals surface area contributed by atoms with Crippen LogP contribution in [0, 0.1) is 0 Å². The molecule has 0 aromatic carbocycles. The smallest absolute Gasteiger partial charge is 0.183 e. The summed E-state index contributed by atoms with van der Waals surface area (Å²) in [7, 11) is 3.31. The maximum atomic E-state index is 6.00. The number of alkyl halides is 1. The third-order valence-electron chi connectivity index (χ3n) is 4.18. The van der Waals surface area contributed by atoms with Gasteiger partial charge in [0.1, 0.15) is 5.69 Å². The lowest BCUT2D eigenvalue weighted by atomic mass is 9.94. The van der Waals surface area contributed by atoms with E-state index in [1.807, 2.05) is 6.07 Å². The fraction of sp³-hybridized carbons (Fsp3) is 0.688. The fourth-order valence-electron chi connectivity index (χ4n) is 3.10. The second-order valence-electron chi connectivity index (χ2n) is 5.44. The zero-order valence-electron chi connectivity index (χ0n) is 13.0. The Hall–Kier alpha value is -1.00. The van der Waals surface area contributed by atoms with Crippen molar-refractivity contribution >= 4 is 11.6 Å². The van der Waals surface area contributed by atoms with Crippen LogP contribution in [0.25, 0.3) is 0 Å². The Bertz CT molecular complexity index is 436. The van der Waals surface area contributed by atoms with Crippen molar-refractivity contribution in [1.29, 1.82) is 0 Å². The van der Waals surface area contributed by atoms with Crippen molar-refractivity contribution in [2.45, 2.75) is 44.7 Å². The van der Waals surface area contributed by atoms with Crippen LogP contribution in [0.3, 0.4) is 0 Å². The van der Waals surface area contributed by atoms with E-state index in [0.29, 0.717) is 11.9 Å². The van der Waals surface area contributed by atoms with E-state index in [-0.39, 0.29) is 0 Å². The molecule has 118 valence electrons. The topological polar surface area (TPSA) is 34.6 Å². The van der Waals surface area contributed by atoms with Crippen LogP contribution in [0.15, 0.2) is 12.3 Å². The summed E-state index contributed by atoms with van der Waals surface area (Å²) in [6, 6.07) is 2.43. The molecule has 0 N–H and O–H groups in total. The number of pyridine rings is 1. The first kappa shape index (κ1) is 16.4. The molecular formula is C16H25ClN2O2. The number of methoxy groups -OCH3 is 2. The Morgan fingerprint density at radius 3 is 2.62 bits per heavy atom. The van der Waals surface area contributed by atoms with Crippen molar-refractivity contribution in [3.8, 4) is 11.5 Å². The third kappa shape index (κ3) is 4.24. The Morgan fingerprint density at radius 2 is 2.00 bits per heavy atom. The van der Waals surface area contributed by atoms with E-state index >= 15 is 0 Å². The van der Waals surface area contributed by atoms with Crippen LogP contribution in [-0.2, 0) is 6.54 Å². The second kappa shape index (κ2) is 8.44. The molecule has 1 aliphatic carbocycles. The minimum atomic E-state index is 0.607. The maximum absolute atomic E-state index is 6.00. The number of halogens is 1. The van der Waals surface area contributed by atoms with E-state index in [4.69, 9.17) is 21.1 Å². The molecule has 4 nitrogen and oxygen atoms in total. The van der Waals surface area contributed by atoms with Crippen molar-refractivity contribution in [3.63, 3.8) is 0 Å². The first-order valence-corrected chi connectivity index (χ1v) is 8.19. The highest BCUT2D eigenvalue weighted by Gasteiger charge is 2.23. The van der Waals surface area contributed by atoms with Gasteiger partial charge in [-0.25, -0.2) is 0 Å². The molecule has 0 aliphatic heterocycles. The average molecular weight is 313 g/mol. The quantitative estimate of drug-likeness (QED) is 0.722. The first-order chi connectivity index (χ1) is 10.3. The number of rotatable bonds is 7. The molecule has 0 unspecified atom stereocenters. The first-order valence-electron chi connectivity index (χ1n) is 7.66. The molecule has 5 heteroatoms. The zero-order valence-corrected chi connectivity index (χ0v) is 13.7. The molecule has 0 amide bonds. The molecule has 2 rings (SSSR count). The highest BCUT2D eigenvalue weighted by molar-refractivity contribution is 6.18. The highest BCUT2D eigenvalue weighted by atomic mass is 35.5. The van der Waals surface area contributed by atoms with Crippen LogP contribution in [0.5, 0.6) is 11.5 Å². The van der Waals surface area contributed by atoms with Gasteiger partial charge in [-0.1, -0.05) is 19.3 Å². The number of hydrogen-bond acceptors (Lipinski definition) is 4. The Kier molecular flexibility index (Phi) is 6.58. The van der Waals surface area contributed by atoms with Gasteiger partial charge in [-0.15, -0.1) is 11.6 Å². The van der Waals surface area contributed by atoms with E-state index in [2.05, 4.69) is 9.88 Å². The number of aromatic nitrogens is 1. The van der Waals surface area contributed by atoms with E-state index < -0.39 is 0 Å². The van der Waals surface area contributed by atoms with E-state index in [1.165, 1.54) is 32.1 Å². The lowest BCUT2D eigenvalue weighted by Crippen LogP contribution is -2.38. The van der Waals surface area contributed by atoms with Gasteiger partial charge in [0.2, 0.25) is 0 Å². The number of hydrogen-bond donors (Lipinski definition) is 0. The van der Waals surface area contributed by atoms with Gasteiger partial charge in [0.25, 0.3) is 0 Å². The molecule has 0 radical (unpaired) electrons. The van der Waals surface area contributed by atoms with Gasteiger partial charge in [-0.3, -0.25) is 9.88 Å². The zero-order chi connectivity index (χ0) is 15.1. The molecule has 1 aromatic heterocycles. The summed E-state index contributed by atoms with van der Waals surface area (Å²) in [6.07, 6.45) is 8.26.